The number of nitrogens with zero attached hydrogens (tertiary/aromatic N) is 1. The highest BCUT2D eigenvalue weighted by Gasteiger charge is 2.35. The van der Waals surface area contributed by atoms with Gasteiger partial charge in [0.2, 0.25) is 5.75 Å². The van der Waals surface area contributed by atoms with E-state index in [-0.39, 0.29) is 17.8 Å². The molecule has 4 heterocycles. The van der Waals surface area contributed by atoms with Crippen molar-refractivity contribution in [3.05, 3.63) is 100 Å². The number of fused-ring (bicyclic) bond motifs is 2. The zero-order valence-electron chi connectivity index (χ0n) is 26.3. The summed E-state index contributed by atoms with van der Waals surface area (Å²) in [6, 6.07) is 20.4. The van der Waals surface area contributed by atoms with Crippen LogP contribution in [0.5, 0.6) is 46.0 Å². The van der Waals surface area contributed by atoms with Crippen molar-refractivity contribution in [2.24, 2.45) is 0 Å². The summed E-state index contributed by atoms with van der Waals surface area (Å²) in [6.45, 7) is 0.917. The predicted octanol–water partition coefficient (Wildman–Crippen LogP) is 5.87. The molecule has 2 unspecified atom stereocenters. The Morgan fingerprint density at radius 1 is 0.822 bits per heavy atom. The molecule has 4 aliphatic heterocycles. The second-order valence-electron chi connectivity index (χ2n) is 12.1. The quantitative estimate of drug-likeness (QED) is 0.302. The molecular weight excluding hydrogens is 568 g/mol. The van der Waals surface area contributed by atoms with Gasteiger partial charge < -0.3 is 33.7 Å². The number of aromatic hydroxyl groups is 1. The van der Waals surface area contributed by atoms with Gasteiger partial charge in [0.1, 0.15) is 11.8 Å². The summed E-state index contributed by atoms with van der Waals surface area (Å²) in [6.07, 6.45) is 6.56. The van der Waals surface area contributed by atoms with Gasteiger partial charge in [-0.25, -0.2) is 0 Å². The van der Waals surface area contributed by atoms with Crippen molar-refractivity contribution in [1.82, 2.24) is 4.90 Å². The normalized spacial score (nSPS) is 20.2. The average Bonchev–Trinajstić information content (AvgIpc) is 3.05. The number of hydrogen-bond donors (Lipinski definition) is 2. The van der Waals surface area contributed by atoms with Crippen molar-refractivity contribution in [1.29, 1.82) is 0 Å². The first-order chi connectivity index (χ1) is 21.9. The summed E-state index contributed by atoms with van der Waals surface area (Å²) < 4.78 is 30.4. The summed E-state index contributed by atoms with van der Waals surface area (Å²) in [5.74, 6) is 4.02. The first-order valence-corrected chi connectivity index (χ1v) is 15.3. The lowest BCUT2D eigenvalue weighted by Gasteiger charge is -2.35. The molecule has 0 aliphatic carbocycles. The molecule has 3 atom stereocenters. The molecule has 0 radical (unpaired) electrons. The third kappa shape index (κ3) is 5.24. The van der Waals surface area contributed by atoms with Crippen LogP contribution in [0.3, 0.4) is 0 Å². The number of phenolic OH excluding ortho intramolecular Hbond substituents is 1. The Morgan fingerprint density at radius 2 is 1.56 bits per heavy atom. The minimum Gasteiger partial charge on any atom is -0.502 e. The van der Waals surface area contributed by atoms with E-state index in [4.69, 9.17) is 23.7 Å². The van der Waals surface area contributed by atoms with E-state index >= 15 is 0 Å². The fourth-order valence-corrected chi connectivity index (χ4v) is 6.90. The Balaban J connectivity index is 1.45. The molecular formula is C37H39N2O6+. The topological polar surface area (TPSA) is 74.1 Å². The van der Waals surface area contributed by atoms with Crippen molar-refractivity contribution in [2.75, 3.05) is 42.0 Å². The fraction of sp³-hybridized carbons (Fsp3) is 0.297. The molecule has 45 heavy (non-hydrogen) atoms. The van der Waals surface area contributed by atoms with Crippen molar-refractivity contribution in [3.8, 4) is 46.0 Å². The maximum absolute atomic E-state index is 11.6. The Kier molecular flexibility index (Phi) is 7.55. The van der Waals surface area contributed by atoms with Crippen LogP contribution in [0, 0.1) is 0 Å². The van der Waals surface area contributed by atoms with E-state index in [0.717, 1.165) is 47.4 Å². The van der Waals surface area contributed by atoms with E-state index in [0.29, 0.717) is 40.9 Å². The van der Waals surface area contributed by atoms with Crippen molar-refractivity contribution >= 4 is 6.08 Å². The van der Waals surface area contributed by atoms with Crippen LogP contribution in [0.1, 0.15) is 45.5 Å². The minimum absolute atomic E-state index is 0.0262. The van der Waals surface area contributed by atoms with Gasteiger partial charge in [0.25, 0.3) is 0 Å². The van der Waals surface area contributed by atoms with E-state index in [2.05, 4.69) is 67.7 Å². The highest BCUT2D eigenvalue weighted by atomic mass is 16.5. The van der Waals surface area contributed by atoms with Crippen LogP contribution in [-0.2, 0) is 19.3 Å². The number of rotatable bonds is 3. The molecule has 8 heteroatoms. The highest BCUT2D eigenvalue weighted by Crippen LogP contribution is 2.49. The standard InChI is InChI=1S/C37H38N2O6/c1-38-14-12-24-19-31(42-4)33-21-27(24)28(38)17-23-8-11-30(41-3)32(18-23)44-26-9-6-22(7-10-26)16-29-35-25(13-15-39(29)2)20-34(43-5)36(40)37(35)45-33/h6-11,13,15,18-21,28-29,40H,12,14,16-17H2,1-5H3/p+1/t28-,29?/m1/s1. The van der Waals surface area contributed by atoms with Crippen molar-refractivity contribution < 1.29 is 33.7 Å². The third-order valence-corrected chi connectivity index (χ3v) is 9.44. The van der Waals surface area contributed by atoms with Gasteiger partial charge >= 0.3 is 0 Å². The molecule has 8 nitrogen and oxygen atoms in total. The van der Waals surface area contributed by atoms with Crippen LogP contribution in [0.4, 0.5) is 0 Å². The van der Waals surface area contributed by atoms with Gasteiger partial charge in [-0.3, -0.25) is 4.90 Å². The highest BCUT2D eigenvalue weighted by molar-refractivity contribution is 5.69. The first-order valence-electron chi connectivity index (χ1n) is 15.3. The predicted molar refractivity (Wildman–Crippen MR) is 172 cm³/mol. The van der Waals surface area contributed by atoms with E-state index in [9.17, 15) is 5.11 Å². The van der Waals surface area contributed by atoms with E-state index < -0.39 is 0 Å². The molecule has 4 aliphatic rings. The van der Waals surface area contributed by atoms with Gasteiger partial charge in [0.15, 0.2) is 34.5 Å². The van der Waals surface area contributed by atoms with Gasteiger partial charge in [-0.2, -0.15) is 0 Å². The number of phenols is 1. The van der Waals surface area contributed by atoms with Gasteiger partial charge in [-0.1, -0.05) is 18.2 Å². The summed E-state index contributed by atoms with van der Waals surface area (Å²) in [5, 5.41) is 11.6. The van der Waals surface area contributed by atoms with Crippen LogP contribution in [0.25, 0.3) is 6.08 Å². The number of nitrogens with one attached hydrogen (secondary N) is 1. The van der Waals surface area contributed by atoms with Crippen LogP contribution >= 0.6 is 0 Å². The van der Waals surface area contributed by atoms with Crippen molar-refractivity contribution in [3.63, 3.8) is 0 Å². The minimum atomic E-state index is -0.0401. The lowest BCUT2D eigenvalue weighted by molar-refractivity contribution is -0.860. The number of ether oxygens (including phenoxy) is 5. The smallest absolute Gasteiger partial charge is 0.202 e. The molecule has 8 rings (SSSR count). The Bertz CT molecular complexity index is 1780. The molecule has 4 aromatic rings. The first kappa shape index (κ1) is 29.1. The lowest BCUT2D eigenvalue weighted by atomic mass is 9.88. The number of quaternary nitrogens is 1. The average molecular weight is 608 g/mol. The van der Waals surface area contributed by atoms with E-state index in [1.807, 2.05) is 24.3 Å². The SMILES string of the molecule is COc1ccc2cc1Oc1ccc(cc1)CC1c3c(cc(OC)c(O)c3Oc3cc4c(cc3OC)CCN(C)[C@@H]4C2)C=C[NH+]1C. The van der Waals surface area contributed by atoms with Crippen molar-refractivity contribution in [2.45, 2.75) is 31.3 Å². The molecule has 6 bridgehead atoms. The van der Waals surface area contributed by atoms with Gasteiger partial charge in [0.05, 0.1) is 40.1 Å². The molecule has 0 fully saturated rings. The fourth-order valence-electron chi connectivity index (χ4n) is 6.90. The summed E-state index contributed by atoms with van der Waals surface area (Å²) >= 11 is 0. The number of benzene rings is 4. The van der Waals surface area contributed by atoms with E-state index in [1.54, 1.807) is 21.3 Å². The number of likely N-dealkylation sites (N-methyl/N-ethyl adjacent to an activating group) is 2. The molecule has 0 spiro atoms. The van der Waals surface area contributed by atoms with Gasteiger partial charge in [-0.05, 0) is 96.2 Å². The maximum atomic E-state index is 11.6. The third-order valence-electron chi connectivity index (χ3n) is 9.44. The Hall–Kier alpha value is -4.66. The molecule has 0 saturated carbocycles. The van der Waals surface area contributed by atoms with E-state index in [1.165, 1.54) is 16.0 Å². The lowest BCUT2D eigenvalue weighted by Crippen LogP contribution is -3.05. The molecule has 232 valence electrons. The number of methoxy groups -OCH3 is 3. The summed E-state index contributed by atoms with van der Waals surface area (Å²) in [4.78, 5) is 3.55. The molecule has 0 aromatic heterocycles. The number of hydrogen-bond acceptors (Lipinski definition) is 7. The van der Waals surface area contributed by atoms with Crippen LogP contribution in [-0.4, -0.2) is 52.0 Å². The summed E-state index contributed by atoms with van der Waals surface area (Å²) in [7, 11) is 9.17. The molecule has 2 N–H and O–H groups in total. The van der Waals surface area contributed by atoms with Crippen LogP contribution < -0.4 is 28.6 Å². The second-order valence-corrected chi connectivity index (χ2v) is 12.1. The van der Waals surface area contributed by atoms with Crippen LogP contribution in [0.15, 0.2) is 66.9 Å². The monoisotopic (exact) mass is 607 g/mol. The van der Waals surface area contributed by atoms with Gasteiger partial charge in [0, 0.05) is 19.0 Å². The maximum Gasteiger partial charge on any atom is 0.202 e. The second kappa shape index (κ2) is 11.7. The molecule has 4 aromatic carbocycles. The summed E-state index contributed by atoms with van der Waals surface area (Å²) in [5.41, 5.74) is 6.53. The van der Waals surface area contributed by atoms with Gasteiger partial charge in [-0.15, -0.1) is 0 Å². The largest absolute Gasteiger partial charge is 0.502 e. The molecule has 0 amide bonds. The Labute approximate surface area is 264 Å². The zero-order valence-corrected chi connectivity index (χ0v) is 26.3. The van der Waals surface area contributed by atoms with Crippen LogP contribution in [0.2, 0.25) is 0 Å². The Morgan fingerprint density at radius 3 is 2.31 bits per heavy atom. The molecule has 0 saturated heterocycles. The zero-order chi connectivity index (χ0) is 31.2.